The predicted molar refractivity (Wildman–Crippen MR) is 78.5 cm³/mol. The molecule has 96 valence electrons. The molecule has 0 radical (unpaired) electrons. The van der Waals surface area contributed by atoms with E-state index in [1.165, 1.54) is 16.0 Å². The summed E-state index contributed by atoms with van der Waals surface area (Å²) in [5.41, 5.74) is 2.45. The van der Waals surface area contributed by atoms with Gasteiger partial charge in [-0.2, -0.15) is 0 Å². The van der Waals surface area contributed by atoms with Crippen LogP contribution in [0.2, 0.25) is 0 Å². The van der Waals surface area contributed by atoms with Gasteiger partial charge in [-0.1, -0.05) is 0 Å². The summed E-state index contributed by atoms with van der Waals surface area (Å²) in [7, 11) is 0. The van der Waals surface area contributed by atoms with Crippen molar-refractivity contribution in [2.75, 3.05) is 5.32 Å². The Labute approximate surface area is 115 Å². The van der Waals surface area contributed by atoms with E-state index in [-0.39, 0.29) is 0 Å². The van der Waals surface area contributed by atoms with Crippen molar-refractivity contribution in [2.24, 2.45) is 0 Å². The molecule has 0 aliphatic rings. The lowest BCUT2D eigenvalue weighted by molar-refractivity contribution is 1.09. The third-order valence-corrected chi connectivity index (χ3v) is 4.29. The van der Waals surface area contributed by atoms with E-state index in [1.54, 1.807) is 30.1 Å². The van der Waals surface area contributed by atoms with Crippen LogP contribution in [0.25, 0.3) is 10.2 Å². The number of nitrogens with zero attached hydrogens (tertiary/aromatic N) is 3. The molecule has 5 heteroatoms. The molecular weight excluding hydrogens is 256 g/mol. The maximum atomic E-state index is 4.36. The maximum absolute atomic E-state index is 4.36. The minimum absolute atomic E-state index is 0.739. The van der Waals surface area contributed by atoms with Crippen molar-refractivity contribution in [3.8, 4) is 0 Å². The van der Waals surface area contributed by atoms with Crippen molar-refractivity contribution >= 4 is 27.4 Å². The molecule has 0 spiro atoms. The van der Waals surface area contributed by atoms with Crippen LogP contribution in [0, 0.1) is 13.8 Å². The number of aryl methyl sites for hydroxylation is 2. The highest BCUT2D eigenvalue weighted by Crippen LogP contribution is 2.32. The van der Waals surface area contributed by atoms with Crippen LogP contribution >= 0.6 is 11.3 Å². The van der Waals surface area contributed by atoms with Crippen molar-refractivity contribution in [1.29, 1.82) is 0 Å². The summed E-state index contributed by atoms with van der Waals surface area (Å²) in [5.74, 6) is 0.906. The number of pyridine rings is 1. The first-order chi connectivity index (χ1) is 9.25. The Morgan fingerprint density at radius 3 is 2.74 bits per heavy atom. The number of rotatable bonds is 3. The monoisotopic (exact) mass is 270 g/mol. The summed E-state index contributed by atoms with van der Waals surface area (Å²) in [6.45, 7) is 4.98. The van der Waals surface area contributed by atoms with Crippen LogP contribution in [-0.2, 0) is 6.54 Å². The molecule has 0 atom stereocenters. The van der Waals surface area contributed by atoms with E-state index < -0.39 is 0 Å². The third-order valence-electron chi connectivity index (χ3n) is 3.17. The molecule has 4 nitrogen and oxygen atoms in total. The van der Waals surface area contributed by atoms with Gasteiger partial charge in [0.2, 0.25) is 0 Å². The van der Waals surface area contributed by atoms with Crippen molar-refractivity contribution < 1.29 is 0 Å². The molecule has 0 amide bonds. The third kappa shape index (κ3) is 2.29. The number of thiophene rings is 1. The summed E-state index contributed by atoms with van der Waals surface area (Å²) in [5, 5.41) is 4.52. The molecule has 0 aromatic carbocycles. The van der Waals surface area contributed by atoms with Crippen LogP contribution in [0.4, 0.5) is 5.82 Å². The van der Waals surface area contributed by atoms with Crippen LogP contribution in [0.1, 0.15) is 16.0 Å². The topological polar surface area (TPSA) is 50.7 Å². The van der Waals surface area contributed by atoms with Crippen LogP contribution < -0.4 is 5.32 Å². The number of hydrogen-bond donors (Lipinski definition) is 1. The first-order valence-corrected chi connectivity index (χ1v) is 6.91. The first-order valence-electron chi connectivity index (χ1n) is 6.09. The van der Waals surface area contributed by atoms with Gasteiger partial charge in [-0.15, -0.1) is 11.3 Å². The lowest BCUT2D eigenvalue weighted by Crippen LogP contribution is -2.02. The number of nitrogens with one attached hydrogen (secondary N) is 1. The fraction of sp³-hybridized carbons (Fsp3) is 0.214. The van der Waals surface area contributed by atoms with Crippen LogP contribution in [0.5, 0.6) is 0 Å². The largest absolute Gasteiger partial charge is 0.365 e. The Hall–Kier alpha value is -2.01. The summed E-state index contributed by atoms with van der Waals surface area (Å²) in [6.07, 6.45) is 5.21. The highest BCUT2D eigenvalue weighted by molar-refractivity contribution is 7.18. The molecule has 0 bridgehead atoms. The van der Waals surface area contributed by atoms with Crippen LogP contribution in [0.3, 0.4) is 0 Å². The normalized spacial score (nSPS) is 10.8. The fourth-order valence-electron chi connectivity index (χ4n) is 2.00. The molecule has 0 saturated carbocycles. The summed E-state index contributed by atoms with van der Waals surface area (Å²) >= 11 is 1.71. The highest BCUT2D eigenvalue weighted by Gasteiger charge is 2.11. The van der Waals surface area contributed by atoms with Crippen LogP contribution in [0.15, 0.2) is 30.9 Å². The molecule has 0 unspecified atom stereocenters. The Balaban J connectivity index is 1.93. The van der Waals surface area contributed by atoms with Crippen molar-refractivity contribution in [2.45, 2.75) is 20.4 Å². The van der Waals surface area contributed by atoms with E-state index in [9.17, 15) is 0 Å². The molecule has 0 aliphatic carbocycles. The Kier molecular flexibility index (Phi) is 3.13. The number of hydrogen-bond acceptors (Lipinski definition) is 5. The van der Waals surface area contributed by atoms with Crippen molar-refractivity contribution in [3.63, 3.8) is 0 Å². The second-order valence-corrected chi connectivity index (χ2v) is 5.60. The maximum Gasteiger partial charge on any atom is 0.138 e. The second-order valence-electron chi connectivity index (χ2n) is 4.39. The molecule has 0 aliphatic heterocycles. The molecule has 3 heterocycles. The zero-order valence-corrected chi connectivity index (χ0v) is 11.7. The first kappa shape index (κ1) is 12.0. The molecule has 3 rings (SSSR count). The van der Waals surface area contributed by atoms with Gasteiger partial charge >= 0.3 is 0 Å². The molecule has 0 fully saturated rings. The van der Waals surface area contributed by atoms with Gasteiger partial charge in [-0.25, -0.2) is 9.97 Å². The van der Waals surface area contributed by atoms with Crippen molar-refractivity contribution in [1.82, 2.24) is 15.0 Å². The summed E-state index contributed by atoms with van der Waals surface area (Å²) < 4.78 is 0. The zero-order valence-electron chi connectivity index (χ0n) is 10.8. The number of anilines is 1. The van der Waals surface area contributed by atoms with Crippen molar-refractivity contribution in [3.05, 3.63) is 46.9 Å². The summed E-state index contributed by atoms with van der Waals surface area (Å²) in [4.78, 5) is 15.1. The van der Waals surface area contributed by atoms with Gasteiger partial charge in [0, 0.05) is 23.8 Å². The number of fused-ring (bicyclic) bond motifs is 1. The Morgan fingerprint density at radius 2 is 1.95 bits per heavy atom. The minimum atomic E-state index is 0.739. The standard InChI is InChI=1S/C14H14N4S/c1-9-10(2)19-14-12(9)13(17-8-18-14)16-7-11-3-5-15-6-4-11/h3-6,8H,7H2,1-2H3,(H,16,17,18). The van der Waals surface area contributed by atoms with Crippen LogP contribution in [-0.4, -0.2) is 15.0 Å². The average molecular weight is 270 g/mol. The lowest BCUT2D eigenvalue weighted by atomic mass is 10.2. The quantitative estimate of drug-likeness (QED) is 0.793. The van der Waals surface area contributed by atoms with E-state index in [2.05, 4.69) is 34.1 Å². The SMILES string of the molecule is Cc1sc2ncnc(NCc3ccncc3)c2c1C. The number of aromatic nitrogens is 3. The van der Waals surface area contributed by atoms with Gasteiger partial charge in [-0.3, -0.25) is 4.98 Å². The highest BCUT2D eigenvalue weighted by atomic mass is 32.1. The molecule has 3 aromatic rings. The Morgan fingerprint density at radius 1 is 1.16 bits per heavy atom. The van der Waals surface area contributed by atoms with Gasteiger partial charge in [0.25, 0.3) is 0 Å². The second kappa shape index (κ2) is 4.93. The minimum Gasteiger partial charge on any atom is -0.365 e. The van der Waals surface area contributed by atoms with E-state index >= 15 is 0 Å². The van der Waals surface area contributed by atoms with Gasteiger partial charge in [0.15, 0.2) is 0 Å². The van der Waals surface area contributed by atoms with Gasteiger partial charge < -0.3 is 5.32 Å². The van der Waals surface area contributed by atoms with E-state index in [0.717, 1.165) is 22.6 Å². The lowest BCUT2D eigenvalue weighted by Gasteiger charge is -2.07. The Bertz CT molecular complexity index is 706. The molecule has 0 saturated heterocycles. The molecule has 3 aromatic heterocycles. The predicted octanol–water partition coefficient (Wildman–Crippen LogP) is 3.32. The molecule has 19 heavy (non-hydrogen) atoms. The van der Waals surface area contributed by atoms with E-state index in [0.29, 0.717) is 0 Å². The van der Waals surface area contributed by atoms with Gasteiger partial charge in [0.1, 0.15) is 17.0 Å². The van der Waals surface area contributed by atoms with E-state index in [1.807, 2.05) is 12.1 Å². The van der Waals surface area contributed by atoms with Gasteiger partial charge in [-0.05, 0) is 37.1 Å². The fourth-order valence-corrected chi connectivity index (χ4v) is 3.00. The van der Waals surface area contributed by atoms with Gasteiger partial charge in [0.05, 0.1) is 5.39 Å². The smallest absolute Gasteiger partial charge is 0.138 e. The molecular formula is C14H14N4S. The average Bonchev–Trinajstić information content (AvgIpc) is 2.74. The zero-order chi connectivity index (χ0) is 13.2. The molecule has 1 N–H and O–H groups in total. The summed E-state index contributed by atoms with van der Waals surface area (Å²) in [6, 6.07) is 3.99. The van der Waals surface area contributed by atoms with E-state index in [4.69, 9.17) is 0 Å².